The second-order valence-electron chi connectivity index (χ2n) is 18.7. The quantitative estimate of drug-likeness (QED) is 0.160. The highest BCUT2D eigenvalue weighted by Crippen LogP contribution is 2.64. The third-order valence-electron chi connectivity index (χ3n) is 15.3. The van der Waals surface area contributed by atoms with Gasteiger partial charge in [0.1, 0.15) is 0 Å². The zero-order valence-corrected chi connectivity index (χ0v) is 36.3. The molecule has 0 radical (unpaired) electrons. The van der Waals surface area contributed by atoms with E-state index in [1.165, 1.54) is 110 Å². The molecule has 304 valence electrons. The van der Waals surface area contributed by atoms with E-state index in [9.17, 15) is 0 Å². The number of hydrogen-bond acceptors (Lipinski definition) is 1. The number of benzene rings is 11. The van der Waals surface area contributed by atoms with Crippen LogP contribution in [0.2, 0.25) is 0 Å². The maximum atomic E-state index is 2.57. The molecule has 0 aromatic heterocycles. The second kappa shape index (κ2) is 13.3. The lowest BCUT2D eigenvalue weighted by Gasteiger charge is -2.33. The highest BCUT2D eigenvalue weighted by atomic mass is 15.1. The third kappa shape index (κ3) is 4.82. The normalized spacial score (nSPS) is 14.2. The Morgan fingerprint density at radius 3 is 1.29 bits per heavy atom. The lowest BCUT2D eigenvalue weighted by molar-refractivity contribution is 0.660. The minimum absolute atomic E-state index is 0.109. The Kier molecular flexibility index (Phi) is 7.45. The summed E-state index contributed by atoms with van der Waals surface area (Å²) >= 11 is 0. The first-order valence-corrected chi connectivity index (χ1v) is 22.9. The van der Waals surface area contributed by atoms with Crippen molar-refractivity contribution in [2.45, 2.75) is 24.7 Å². The summed E-state index contributed by atoms with van der Waals surface area (Å²) in [5.41, 5.74) is 21.1. The maximum Gasteiger partial charge on any atom is 0.0726 e. The summed E-state index contributed by atoms with van der Waals surface area (Å²) in [6.45, 7) is 4.74. The van der Waals surface area contributed by atoms with Crippen LogP contribution in [-0.4, -0.2) is 0 Å². The highest BCUT2D eigenvalue weighted by Gasteiger charge is 2.52. The van der Waals surface area contributed by atoms with Crippen LogP contribution in [0.3, 0.4) is 0 Å². The van der Waals surface area contributed by atoms with Crippen LogP contribution in [0.1, 0.15) is 47.2 Å². The van der Waals surface area contributed by atoms with E-state index in [1.807, 2.05) is 0 Å². The first kappa shape index (κ1) is 36.5. The highest BCUT2D eigenvalue weighted by molar-refractivity contribution is 6.26. The average Bonchev–Trinajstić information content (AvgIpc) is 3.92. The molecule has 1 heteroatoms. The second-order valence-corrected chi connectivity index (χ2v) is 18.7. The van der Waals surface area contributed by atoms with Crippen molar-refractivity contribution in [1.82, 2.24) is 0 Å². The number of rotatable bonds is 4. The first-order chi connectivity index (χ1) is 32.0. The monoisotopic (exact) mass is 825 g/mol. The molecule has 0 heterocycles. The number of fused-ring (bicyclic) bond motifs is 19. The lowest BCUT2D eigenvalue weighted by atomic mass is 9.70. The molecule has 0 aliphatic heterocycles. The predicted molar refractivity (Wildman–Crippen MR) is 273 cm³/mol. The minimum atomic E-state index is -0.492. The minimum Gasteiger partial charge on any atom is -0.310 e. The van der Waals surface area contributed by atoms with Gasteiger partial charge in [0.25, 0.3) is 0 Å². The fourth-order valence-corrected chi connectivity index (χ4v) is 12.5. The zero-order chi connectivity index (χ0) is 43.0. The average molecular weight is 826 g/mol. The van der Waals surface area contributed by atoms with Crippen LogP contribution in [0.15, 0.2) is 224 Å². The molecule has 11 aromatic rings. The molecule has 3 aliphatic rings. The van der Waals surface area contributed by atoms with Crippen LogP contribution in [-0.2, 0) is 10.8 Å². The number of nitrogens with zero attached hydrogens (tertiary/aromatic N) is 1. The van der Waals surface area contributed by atoms with Crippen LogP contribution in [0.25, 0.3) is 76.8 Å². The molecule has 0 N–H and O–H groups in total. The molecular formula is C64H43N. The van der Waals surface area contributed by atoms with E-state index in [0.717, 1.165) is 17.1 Å². The Hall–Kier alpha value is -8.00. The molecule has 1 nitrogen and oxygen atoms in total. The molecule has 0 bridgehead atoms. The molecule has 0 saturated heterocycles. The van der Waals surface area contributed by atoms with Crippen molar-refractivity contribution in [3.63, 3.8) is 0 Å². The summed E-state index contributed by atoms with van der Waals surface area (Å²) in [5, 5.41) is 7.61. The third-order valence-corrected chi connectivity index (χ3v) is 15.3. The number of anilines is 3. The summed E-state index contributed by atoms with van der Waals surface area (Å²) < 4.78 is 0. The zero-order valence-electron chi connectivity index (χ0n) is 36.3. The standard InChI is InChI=1S/C64H43N/c1-63(2)56-28-14-10-26-50(56)54-37-42(33-35-57(54)63)65(41-32-34-47-45-22-7-6-20-43(45)44-21-8-9-23-46(44)53(47)36-41)62-39-61-55(38-52(62)40-18-4-3-5-19-40)51-27-13-17-31-60(51)64(61)58-29-15-11-24-48(58)49-25-12-16-30-59(49)64/h3-39H,1-2H3. The van der Waals surface area contributed by atoms with Gasteiger partial charge >= 0.3 is 0 Å². The van der Waals surface area contributed by atoms with Gasteiger partial charge in [-0.15, -0.1) is 0 Å². The lowest BCUT2D eigenvalue weighted by Crippen LogP contribution is -2.26. The van der Waals surface area contributed by atoms with Gasteiger partial charge in [-0.2, -0.15) is 0 Å². The van der Waals surface area contributed by atoms with Crippen molar-refractivity contribution in [1.29, 1.82) is 0 Å². The van der Waals surface area contributed by atoms with Crippen molar-refractivity contribution in [3.05, 3.63) is 258 Å². The van der Waals surface area contributed by atoms with Crippen molar-refractivity contribution in [2.75, 3.05) is 4.90 Å². The molecule has 11 aromatic carbocycles. The Morgan fingerprint density at radius 2 is 0.692 bits per heavy atom. The van der Waals surface area contributed by atoms with Gasteiger partial charge in [0.15, 0.2) is 0 Å². The first-order valence-electron chi connectivity index (χ1n) is 22.9. The smallest absolute Gasteiger partial charge is 0.0726 e. The van der Waals surface area contributed by atoms with Crippen LogP contribution in [0.5, 0.6) is 0 Å². The van der Waals surface area contributed by atoms with Gasteiger partial charge in [-0.1, -0.05) is 202 Å². The fraction of sp³-hybridized carbons (Fsp3) is 0.0625. The van der Waals surface area contributed by atoms with E-state index < -0.39 is 5.41 Å². The largest absolute Gasteiger partial charge is 0.310 e. The molecule has 0 fully saturated rings. The fourth-order valence-electron chi connectivity index (χ4n) is 12.5. The molecule has 3 aliphatic carbocycles. The molecule has 14 rings (SSSR count). The van der Waals surface area contributed by atoms with Crippen molar-refractivity contribution >= 4 is 49.4 Å². The van der Waals surface area contributed by atoms with Crippen molar-refractivity contribution in [3.8, 4) is 44.5 Å². The van der Waals surface area contributed by atoms with E-state index >= 15 is 0 Å². The van der Waals surface area contributed by atoms with Crippen molar-refractivity contribution in [2.24, 2.45) is 0 Å². The van der Waals surface area contributed by atoms with E-state index in [0.29, 0.717) is 0 Å². The summed E-state index contributed by atoms with van der Waals surface area (Å²) in [6.07, 6.45) is 0. The van der Waals surface area contributed by atoms with Gasteiger partial charge in [0.05, 0.1) is 11.1 Å². The van der Waals surface area contributed by atoms with E-state index in [1.54, 1.807) is 0 Å². The predicted octanol–water partition coefficient (Wildman–Crippen LogP) is 16.9. The summed E-state index contributed by atoms with van der Waals surface area (Å²) in [6, 6.07) is 84.8. The van der Waals surface area contributed by atoms with Crippen LogP contribution in [0, 0.1) is 0 Å². The SMILES string of the molecule is CC1(C)c2ccccc2-c2cc(N(c3ccc4c5ccccc5c5ccccc5c4c3)c3cc4c(cc3-c3ccccc3)-c3ccccc3C43c4ccccc4-c4ccccc43)ccc21. The van der Waals surface area contributed by atoms with E-state index in [-0.39, 0.29) is 5.41 Å². The Labute approximate surface area is 379 Å². The topological polar surface area (TPSA) is 3.24 Å². The van der Waals surface area contributed by atoms with E-state index in [4.69, 9.17) is 0 Å². The van der Waals surface area contributed by atoms with Crippen molar-refractivity contribution < 1.29 is 0 Å². The Morgan fingerprint density at radius 1 is 0.277 bits per heavy atom. The summed E-state index contributed by atoms with van der Waals surface area (Å²) in [5.74, 6) is 0. The van der Waals surface area contributed by atoms with Gasteiger partial charge < -0.3 is 4.90 Å². The molecular weight excluding hydrogens is 783 g/mol. The van der Waals surface area contributed by atoms with Gasteiger partial charge in [-0.3, -0.25) is 0 Å². The summed E-state index contributed by atoms with van der Waals surface area (Å²) in [7, 11) is 0. The van der Waals surface area contributed by atoms with Gasteiger partial charge in [0.2, 0.25) is 0 Å². The van der Waals surface area contributed by atoms with Crippen LogP contribution in [0.4, 0.5) is 17.1 Å². The van der Waals surface area contributed by atoms with Gasteiger partial charge in [0, 0.05) is 22.4 Å². The Balaban J connectivity index is 1.12. The molecule has 0 unspecified atom stereocenters. The molecule has 0 saturated carbocycles. The Bertz CT molecular complexity index is 3730. The van der Waals surface area contributed by atoms with Crippen LogP contribution >= 0.6 is 0 Å². The van der Waals surface area contributed by atoms with Crippen LogP contribution < -0.4 is 4.90 Å². The molecule has 1 spiro atoms. The molecule has 0 amide bonds. The maximum absolute atomic E-state index is 2.57. The number of hydrogen-bond donors (Lipinski definition) is 0. The molecule has 0 atom stereocenters. The molecule has 65 heavy (non-hydrogen) atoms. The van der Waals surface area contributed by atoms with Gasteiger partial charge in [-0.25, -0.2) is 0 Å². The van der Waals surface area contributed by atoms with Gasteiger partial charge in [-0.05, 0) is 141 Å². The summed E-state index contributed by atoms with van der Waals surface area (Å²) in [4.78, 5) is 2.57. The van der Waals surface area contributed by atoms with E-state index in [2.05, 4.69) is 243 Å².